The van der Waals surface area contributed by atoms with Crippen LogP contribution < -0.4 is 20.5 Å². The molecule has 122 valence electrons. The maximum absolute atomic E-state index is 10.7. The fourth-order valence-corrected chi connectivity index (χ4v) is 2.56. The van der Waals surface area contributed by atoms with E-state index in [0.29, 0.717) is 17.9 Å². The van der Waals surface area contributed by atoms with Crippen LogP contribution in [0.3, 0.4) is 0 Å². The summed E-state index contributed by atoms with van der Waals surface area (Å²) in [6.45, 7) is 1.84. The van der Waals surface area contributed by atoms with E-state index in [2.05, 4.69) is 5.32 Å². The molecule has 1 heterocycles. The molecule has 0 amide bonds. The van der Waals surface area contributed by atoms with Gasteiger partial charge in [-0.25, -0.2) is 0 Å². The Morgan fingerprint density at radius 2 is 2.32 bits per heavy atom. The van der Waals surface area contributed by atoms with Crippen molar-refractivity contribution in [3.05, 3.63) is 23.8 Å². The van der Waals surface area contributed by atoms with Gasteiger partial charge in [0.2, 0.25) is 0 Å². The van der Waals surface area contributed by atoms with Crippen LogP contribution in [0.25, 0.3) is 0 Å². The lowest BCUT2D eigenvalue weighted by atomic mass is 10.0. The SMILES string of the molecule is COc1ccc(C(N)CCC(=O)O)cc1OC1CCCNC1. The lowest BCUT2D eigenvalue weighted by molar-refractivity contribution is -0.137. The monoisotopic (exact) mass is 308 g/mol. The first-order chi connectivity index (χ1) is 10.6. The second-order valence-electron chi connectivity index (χ2n) is 5.54. The van der Waals surface area contributed by atoms with Crippen LogP contribution in [0.2, 0.25) is 0 Å². The van der Waals surface area contributed by atoms with Gasteiger partial charge in [-0.2, -0.15) is 0 Å². The van der Waals surface area contributed by atoms with E-state index in [4.69, 9.17) is 20.3 Å². The van der Waals surface area contributed by atoms with Crippen LogP contribution in [-0.4, -0.2) is 37.4 Å². The smallest absolute Gasteiger partial charge is 0.303 e. The first-order valence-corrected chi connectivity index (χ1v) is 7.63. The molecule has 6 nitrogen and oxygen atoms in total. The zero-order valence-electron chi connectivity index (χ0n) is 12.9. The Balaban J connectivity index is 2.09. The van der Waals surface area contributed by atoms with Gasteiger partial charge in [0.15, 0.2) is 11.5 Å². The number of carboxylic acid groups (broad SMARTS) is 1. The van der Waals surface area contributed by atoms with E-state index in [0.717, 1.165) is 31.5 Å². The fraction of sp³-hybridized carbons (Fsp3) is 0.562. The third-order valence-corrected chi connectivity index (χ3v) is 3.83. The van der Waals surface area contributed by atoms with Crippen LogP contribution in [0.15, 0.2) is 18.2 Å². The lowest BCUT2D eigenvalue weighted by Crippen LogP contribution is -2.37. The molecule has 4 N–H and O–H groups in total. The molecule has 1 fully saturated rings. The van der Waals surface area contributed by atoms with Crippen molar-refractivity contribution in [3.8, 4) is 11.5 Å². The summed E-state index contributed by atoms with van der Waals surface area (Å²) in [5.74, 6) is 0.493. The second-order valence-corrected chi connectivity index (χ2v) is 5.54. The van der Waals surface area contributed by atoms with E-state index in [1.807, 2.05) is 18.2 Å². The van der Waals surface area contributed by atoms with Gasteiger partial charge in [-0.1, -0.05) is 6.07 Å². The predicted molar refractivity (Wildman–Crippen MR) is 83.3 cm³/mol. The van der Waals surface area contributed by atoms with Crippen molar-refractivity contribution in [2.24, 2.45) is 5.73 Å². The summed E-state index contributed by atoms with van der Waals surface area (Å²) in [5, 5.41) is 12.1. The number of carbonyl (C=O) groups is 1. The highest BCUT2D eigenvalue weighted by Gasteiger charge is 2.18. The van der Waals surface area contributed by atoms with Crippen molar-refractivity contribution < 1.29 is 19.4 Å². The highest BCUT2D eigenvalue weighted by molar-refractivity contribution is 5.66. The Bertz CT molecular complexity index is 501. The first kappa shape index (κ1) is 16.6. The molecule has 6 heteroatoms. The summed E-state index contributed by atoms with van der Waals surface area (Å²) in [6.07, 6.45) is 2.66. The van der Waals surface area contributed by atoms with Gasteiger partial charge < -0.3 is 25.6 Å². The highest BCUT2D eigenvalue weighted by atomic mass is 16.5. The van der Waals surface area contributed by atoms with Crippen molar-refractivity contribution in [3.63, 3.8) is 0 Å². The van der Waals surface area contributed by atoms with Crippen LogP contribution in [0.1, 0.15) is 37.3 Å². The summed E-state index contributed by atoms with van der Waals surface area (Å²) in [7, 11) is 1.60. The molecule has 22 heavy (non-hydrogen) atoms. The Kier molecular flexibility index (Phi) is 6.03. The normalized spacial score (nSPS) is 19.5. The molecule has 2 rings (SSSR count). The van der Waals surface area contributed by atoms with Gasteiger partial charge in [0.05, 0.1) is 7.11 Å². The zero-order valence-corrected chi connectivity index (χ0v) is 12.9. The van der Waals surface area contributed by atoms with E-state index in [1.165, 1.54) is 0 Å². The van der Waals surface area contributed by atoms with E-state index < -0.39 is 5.97 Å². The van der Waals surface area contributed by atoms with Gasteiger partial charge in [-0.05, 0) is 43.5 Å². The van der Waals surface area contributed by atoms with Crippen LogP contribution in [0.5, 0.6) is 11.5 Å². The zero-order chi connectivity index (χ0) is 15.9. The Labute approximate surface area is 130 Å². The molecular formula is C16H24N2O4. The number of ether oxygens (including phenoxy) is 2. The molecule has 1 saturated heterocycles. The summed E-state index contributed by atoms with van der Waals surface area (Å²) in [5.41, 5.74) is 6.93. The van der Waals surface area contributed by atoms with Crippen molar-refractivity contribution in [1.82, 2.24) is 5.32 Å². The quantitative estimate of drug-likeness (QED) is 0.710. The topological polar surface area (TPSA) is 93.8 Å². The minimum atomic E-state index is -0.839. The average Bonchev–Trinajstić information content (AvgIpc) is 2.53. The fourth-order valence-electron chi connectivity index (χ4n) is 2.56. The minimum absolute atomic E-state index is 0.0515. The maximum Gasteiger partial charge on any atom is 0.303 e. The van der Waals surface area contributed by atoms with Gasteiger partial charge in [-0.15, -0.1) is 0 Å². The van der Waals surface area contributed by atoms with E-state index >= 15 is 0 Å². The molecule has 0 radical (unpaired) electrons. The molecule has 0 aromatic heterocycles. The molecule has 2 atom stereocenters. The van der Waals surface area contributed by atoms with Crippen molar-refractivity contribution in [2.45, 2.75) is 37.8 Å². The van der Waals surface area contributed by atoms with E-state index in [9.17, 15) is 4.79 Å². The minimum Gasteiger partial charge on any atom is -0.493 e. The number of hydrogen-bond donors (Lipinski definition) is 3. The number of carboxylic acids is 1. The first-order valence-electron chi connectivity index (χ1n) is 7.63. The van der Waals surface area contributed by atoms with Crippen molar-refractivity contribution in [2.75, 3.05) is 20.2 Å². The van der Waals surface area contributed by atoms with Crippen LogP contribution in [0.4, 0.5) is 0 Å². The molecule has 1 aromatic rings. The molecule has 1 aromatic carbocycles. The second kappa shape index (κ2) is 8.00. The predicted octanol–water partition coefficient (Wildman–Crippen LogP) is 1.69. The standard InChI is InChI=1S/C16H24N2O4/c1-21-14-6-4-11(13(17)5-7-16(19)20)9-15(14)22-12-3-2-8-18-10-12/h4,6,9,12-13,18H,2-3,5,7-8,10,17H2,1H3,(H,19,20). The Morgan fingerprint density at radius 3 is 2.95 bits per heavy atom. The third-order valence-electron chi connectivity index (χ3n) is 3.83. The van der Waals surface area contributed by atoms with Gasteiger partial charge in [0, 0.05) is 19.0 Å². The average molecular weight is 308 g/mol. The lowest BCUT2D eigenvalue weighted by Gasteiger charge is -2.25. The molecule has 0 saturated carbocycles. The molecule has 0 aliphatic carbocycles. The Hall–Kier alpha value is -1.79. The van der Waals surface area contributed by atoms with Gasteiger partial charge in [-0.3, -0.25) is 4.79 Å². The van der Waals surface area contributed by atoms with Gasteiger partial charge >= 0.3 is 5.97 Å². The molecule has 2 unspecified atom stereocenters. The number of aliphatic carboxylic acids is 1. The van der Waals surface area contributed by atoms with E-state index in [1.54, 1.807) is 7.11 Å². The summed E-state index contributed by atoms with van der Waals surface area (Å²) in [6, 6.07) is 5.22. The summed E-state index contributed by atoms with van der Waals surface area (Å²) in [4.78, 5) is 10.7. The van der Waals surface area contributed by atoms with Crippen molar-refractivity contribution in [1.29, 1.82) is 0 Å². The number of rotatable bonds is 7. The summed E-state index contributed by atoms with van der Waals surface area (Å²) < 4.78 is 11.4. The number of hydrogen-bond acceptors (Lipinski definition) is 5. The van der Waals surface area contributed by atoms with E-state index in [-0.39, 0.29) is 18.6 Å². The van der Waals surface area contributed by atoms with Crippen LogP contribution >= 0.6 is 0 Å². The Morgan fingerprint density at radius 1 is 1.50 bits per heavy atom. The van der Waals surface area contributed by atoms with Crippen LogP contribution in [-0.2, 0) is 4.79 Å². The number of benzene rings is 1. The van der Waals surface area contributed by atoms with Crippen molar-refractivity contribution >= 4 is 5.97 Å². The summed E-state index contributed by atoms with van der Waals surface area (Å²) >= 11 is 0. The van der Waals surface area contributed by atoms with Gasteiger partial charge in [0.1, 0.15) is 6.10 Å². The third kappa shape index (κ3) is 4.61. The number of nitrogens with two attached hydrogens (primary N) is 1. The maximum atomic E-state index is 10.7. The number of methoxy groups -OCH3 is 1. The molecule has 1 aliphatic heterocycles. The largest absolute Gasteiger partial charge is 0.493 e. The van der Waals surface area contributed by atoms with Crippen LogP contribution in [0, 0.1) is 0 Å². The highest BCUT2D eigenvalue weighted by Crippen LogP contribution is 2.32. The molecule has 0 bridgehead atoms. The number of piperidine rings is 1. The number of nitrogens with one attached hydrogen (secondary N) is 1. The molecular weight excluding hydrogens is 284 g/mol. The van der Waals surface area contributed by atoms with Gasteiger partial charge in [0.25, 0.3) is 0 Å². The molecule has 0 spiro atoms. The molecule has 1 aliphatic rings.